The Hall–Kier alpha value is -1.30. The second-order valence-corrected chi connectivity index (χ2v) is 2.84. The van der Waals surface area contributed by atoms with Gasteiger partial charge in [-0.1, -0.05) is 49.1 Å². The second-order valence-electron chi connectivity index (χ2n) is 2.84. The highest BCUT2D eigenvalue weighted by Crippen LogP contribution is 2.04. The summed E-state index contributed by atoms with van der Waals surface area (Å²) in [6.07, 6.45) is 14.0. The van der Waals surface area contributed by atoms with E-state index in [2.05, 4.69) is 26.5 Å². The Morgan fingerprint density at radius 3 is 2.08 bits per heavy atom. The zero-order chi connectivity index (χ0) is 10.1. The summed E-state index contributed by atoms with van der Waals surface area (Å²) in [4.78, 5) is 0. The van der Waals surface area contributed by atoms with Gasteiger partial charge in [-0.15, -0.1) is 0 Å². The number of hydrogen-bond donors (Lipinski definition) is 0. The molecule has 0 radical (unpaired) electrons. The summed E-state index contributed by atoms with van der Waals surface area (Å²) < 4.78 is 0. The molecule has 0 bridgehead atoms. The Morgan fingerprint density at radius 1 is 0.923 bits per heavy atom. The van der Waals surface area contributed by atoms with Crippen molar-refractivity contribution in [2.75, 3.05) is 0 Å². The van der Waals surface area contributed by atoms with Crippen LogP contribution in [0.5, 0.6) is 0 Å². The van der Waals surface area contributed by atoms with Crippen LogP contribution in [-0.4, -0.2) is 0 Å². The van der Waals surface area contributed by atoms with Crippen molar-refractivity contribution >= 4 is 0 Å². The van der Waals surface area contributed by atoms with Crippen LogP contribution < -0.4 is 0 Å². The summed E-state index contributed by atoms with van der Waals surface area (Å²) in [6, 6.07) is 0. The summed E-state index contributed by atoms with van der Waals surface area (Å²) >= 11 is 0. The number of rotatable bonds is 4. The first-order valence-electron chi connectivity index (χ1n) is 4.48. The van der Waals surface area contributed by atoms with E-state index in [1.807, 2.05) is 43.4 Å². The second kappa shape index (κ2) is 7.35. The molecule has 0 fully saturated rings. The van der Waals surface area contributed by atoms with Crippen molar-refractivity contribution in [3.63, 3.8) is 0 Å². The Labute approximate surface area is 81.7 Å². The lowest BCUT2D eigenvalue weighted by atomic mass is 10.1. The van der Waals surface area contributed by atoms with Gasteiger partial charge in [0.2, 0.25) is 0 Å². The molecule has 0 aliphatic carbocycles. The smallest absolute Gasteiger partial charge is 0.0395 e. The molecule has 0 spiro atoms. The fourth-order valence-corrected chi connectivity index (χ4v) is 0.732. The van der Waals surface area contributed by atoms with Crippen molar-refractivity contribution in [3.8, 4) is 0 Å². The predicted molar refractivity (Wildman–Crippen MR) is 61.7 cm³/mol. The van der Waals surface area contributed by atoms with Crippen LogP contribution in [0, 0.1) is 0 Å². The fraction of sp³-hybridized carbons (Fsp3) is 0.231. The van der Waals surface area contributed by atoms with Gasteiger partial charge in [-0.2, -0.15) is 0 Å². The molecular weight excluding hydrogens is 156 g/mol. The van der Waals surface area contributed by atoms with Crippen molar-refractivity contribution in [3.05, 3.63) is 60.3 Å². The molecule has 0 unspecified atom stereocenters. The van der Waals surface area contributed by atoms with Gasteiger partial charge in [-0.05, 0) is 31.9 Å². The van der Waals surface area contributed by atoms with E-state index >= 15 is 0 Å². The molecule has 0 rings (SSSR count). The monoisotopic (exact) mass is 174 g/mol. The van der Waals surface area contributed by atoms with Gasteiger partial charge >= 0.3 is 0 Å². The van der Waals surface area contributed by atoms with Gasteiger partial charge in [-0.3, -0.25) is 0 Å². The highest BCUT2D eigenvalue weighted by molar-refractivity contribution is 5.30. The molecule has 0 saturated heterocycles. The van der Waals surface area contributed by atoms with Crippen LogP contribution in [-0.2, 0) is 0 Å². The van der Waals surface area contributed by atoms with Crippen LogP contribution in [0.2, 0.25) is 0 Å². The molecule has 70 valence electrons. The van der Waals surface area contributed by atoms with E-state index in [1.54, 1.807) is 0 Å². The average Bonchev–Trinajstić information content (AvgIpc) is 2.16. The largest absolute Gasteiger partial charge is 0.0988 e. The Balaban J connectivity index is 4.20. The van der Waals surface area contributed by atoms with E-state index in [0.29, 0.717) is 0 Å². The van der Waals surface area contributed by atoms with Crippen molar-refractivity contribution < 1.29 is 0 Å². The summed E-state index contributed by atoms with van der Waals surface area (Å²) in [5.41, 5.74) is 2.47. The summed E-state index contributed by atoms with van der Waals surface area (Å²) in [6.45, 7) is 9.86. The molecule has 0 N–H and O–H groups in total. The van der Waals surface area contributed by atoms with E-state index < -0.39 is 0 Å². The van der Waals surface area contributed by atoms with Crippen LogP contribution in [0.15, 0.2) is 60.3 Å². The number of hydrogen-bond acceptors (Lipinski definition) is 0. The van der Waals surface area contributed by atoms with E-state index in [9.17, 15) is 0 Å². The maximum Gasteiger partial charge on any atom is -0.0395 e. The van der Waals surface area contributed by atoms with Gasteiger partial charge in [-0.25, -0.2) is 0 Å². The molecular formula is C13H18. The third-order valence-corrected chi connectivity index (χ3v) is 1.80. The molecule has 0 aromatic heterocycles. The van der Waals surface area contributed by atoms with Crippen molar-refractivity contribution in [1.29, 1.82) is 0 Å². The SMILES string of the molecule is C=C/C(C)=C(C)/C=C/C=C\C=C/C. The first-order valence-corrected chi connectivity index (χ1v) is 4.48. The highest BCUT2D eigenvalue weighted by atomic mass is 13.9. The van der Waals surface area contributed by atoms with Crippen molar-refractivity contribution in [1.82, 2.24) is 0 Å². The van der Waals surface area contributed by atoms with E-state index in [-0.39, 0.29) is 0 Å². The van der Waals surface area contributed by atoms with Gasteiger partial charge in [0, 0.05) is 0 Å². The molecule has 0 aromatic rings. The Bertz CT molecular complexity index is 260. The van der Waals surface area contributed by atoms with Gasteiger partial charge in [0.1, 0.15) is 0 Å². The predicted octanol–water partition coefficient (Wildman–Crippen LogP) is 4.20. The highest BCUT2D eigenvalue weighted by Gasteiger charge is 1.84. The lowest BCUT2D eigenvalue weighted by Crippen LogP contribution is -1.73. The van der Waals surface area contributed by atoms with Gasteiger partial charge in [0.15, 0.2) is 0 Å². The van der Waals surface area contributed by atoms with Gasteiger partial charge < -0.3 is 0 Å². The molecule has 0 aromatic carbocycles. The minimum atomic E-state index is 1.22. The molecule has 0 saturated carbocycles. The topological polar surface area (TPSA) is 0 Å². The summed E-state index contributed by atoms with van der Waals surface area (Å²) in [5, 5.41) is 0. The standard InChI is InChI=1S/C13H18/c1-5-7-8-9-10-11-13(4)12(3)6-2/h5-11H,2H2,1,3-4H3/b7-5-,9-8-,11-10+,13-12+. The quantitative estimate of drug-likeness (QED) is 0.560. The first kappa shape index (κ1) is 11.7. The maximum absolute atomic E-state index is 3.72. The summed E-state index contributed by atoms with van der Waals surface area (Å²) in [5.74, 6) is 0. The zero-order valence-electron chi connectivity index (χ0n) is 8.75. The molecule has 0 heteroatoms. The van der Waals surface area contributed by atoms with Crippen LogP contribution in [0.1, 0.15) is 20.8 Å². The van der Waals surface area contributed by atoms with Crippen LogP contribution >= 0.6 is 0 Å². The Morgan fingerprint density at radius 2 is 1.54 bits per heavy atom. The van der Waals surface area contributed by atoms with Gasteiger partial charge in [0.25, 0.3) is 0 Å². The lowest BCUT2D eigenvalue weighted by Gasteiger charge is -1.94. The first-order chi connectivity index (χ1) is 6.22. The normalized spacial score (nSPS) is 14.4. The van der Waals surface area contributed by atoms with E-state index in [4.69, 9.17) is 0 Å². The molecule has 13 heavy (non-hydrogen) atoms. The van der Waals surface area contributed by atoms with Gasteiger partial charge in [0.05, 0.1) is 0 Å². The third kappa shape index (κ3) is 5.92. The average molecular weight is 174 g/mol. The van der Waals surface area contributed by atoms with Crippen molar-refractivity contribution in [2.45, 2.75) is 20.8 Å². The third-order valence-electron chi connectivity index (χ3n) is 1.80. The minimum absolute atomic E-state index is 1.22. The minimum Gasteiger partial charge on any atom is -0.0988 e. The molecule has 0 nitrogen and oxygen atoms in total. The molecule has 0 amide bonds. The zero-order valence-corrected chi connectivity index (χ0v) is 8.75. The van der Waals surface area contributed by atoms with Crippen LogP contribution in [0.4, 0.5) is 0 Å². The van der Waals surface area contributed by atoms with Crippen LogP contribution in [0.3, 0.4) is 0 Å². The molecule has 0 heterocycles. The maximum atomic E-state index is 3.72. The Kier molecular flexibility index (Phi) is 6.62. The van der Waals surface area contributed by atoms with Crippen LogP contribution in [0.25, 0.3) is 0 Å². The fourth-order valence-electron chi connectivity index (χ4n) is 0.732. The van der Waals surface area contributed by atoms with E-state index in [0.717, 1.165) is 0 Å². The van der Waals surface area contributed by atoms with E-state index in [1.165, 1.54) is 11.1 Å². The summed E-state index contributed by atoms with van der Waals surface area (Å²) in [7, 11) is 0. The molecule has 0 atom stereocenters. The molecule has 0 aliphatic heterocycles. The molecule has 0 aliphatic rings. The lowest BCUT2D eigenvalue weighted by molar-refractivity contribution is 1.38. The van der Waals surface area contributed by atoms with Crippen molar-refractivity contribution in [2.24, 2.45) is 0 Å². The number of allylic oxidation sites excluding steroid dienone is 9.